The van der Waals surface area contributed by atoms with Crippen LogP contribution < -0.4 is 27.4 Å². The van der Waals surface area contributed by atoms with Gasteiger partial charge in [-0.3, -0.25) is 28.8 Å². The van der Waals surface area contributed by atoms with Gasteiger partial charge in [-0.2, -0.15) is 0 Å². The van der Waals surface area contributed by atoms with Gasteiger partial charge < -0.3 is 42.7 Å². The van der Waals surface area contributed by atoms with Gasteiger partial charge >= 0.3 is 17.9 Å². The zero-order chi connectivity index (χ0) is 24.8. The summed E-state index contributed by atoms with van der Waals surface area (Å²) in [4.78, 5) is 70.0. The van der Waals surface area contributed by atoms with E-state index in [0.29, 0.717) is 19.4 Å². The van der Waals surface area contributed by atoms with E-state index in [0.717, 1.165) is 6.92 Å². The van der Waals surface area contributed by atoms with Crippen molar-refractivity contribution in [1.82, 2.24) is 16.0 Å². The van der Waals surface area contributed by atoms with Gasteiger partial charge in [0.1, 0.15) is 18.1 Å². The molecule has 0 saturated heterocycles. The second kappa shape index (κ2) is 14.7. The normalized spacial score (nSPS) is 14.3. The summed E-state index contributed by atoms with van der Waals surface area (Å²) >= 11 is 0. The second-order valence-electron chi connectivity index (χ2n) is 7.11. The predicted octanol–water partition coefficient (Wildman–Crippen LogP) is -2.66. The molecule has 3 amide bonds. The number of rotatable bonds is 16. The third kappa shape index (κ3) is 11.8. The van der Waals surface area contributed by atoms with Gasteiger partial charge in [0.25, 0.3) is 0 Å². The van der Waals surface area contributed by atoms with Gasteiger partial charge in [-0.25, -0.2) is 0 Å². The van der Waals surface area contributed by atoms with E-state index in [2.05, 4.69) is 10.6 Å². The lowest BCUT2D eigenvalue weighted by atomic mass is 10.1. The molecule has 14 heteroatoms. The fraction of sp³-hybridized carbons (Fsp3) is 0.667. The van der Waals surface area contributed by atoms with Crippen molar-refractivity contribution < 1.29 is 44.1 Å². The minimum Gasteiger partial charge on any atom is -0.481 e. The van der Waals surface area contributed by atoms with Crippen molar-refractivity contribution in [1.29, 1.82) is 0 Å². The molecule has 14 nitrogen and oxygen atoms in total. The van der Waals surface area contributed by atoms with E-state index in [4.69, 9.17) is 26.8 Å². The summed E-state index contributed by atoms with van der Waals surface area (Å²) in [6, 6.07) is -5.43. The van der Waals surface area contributed by atoms with Crippen molar-refractivity contribution in [3.63, 3.8) is 0 Å². The Morgan fingerprint density at radius 3 is 1.84 bits per heavy atom. The van der Waals surface area contributed by atoms with Crippen molar-refractivity contribution >= 4 is 35.6 Å². The van der Waals surface area contributed by atoms with Crippen molar-refractivity contribution in [2.75, 3.05) is 6.54 Å². The Balaban J connectivity index is 5.35. The summed E-state index contributed by atoms with van der Waals surface area (Å²) in [6.45, 7) is 1.55. The largest absolute Gasteiger partial charge is 0.481 e. The first-order valence-corrected chi connectivity index (χ1v) is 9.92. The molecule has 0 aliphatic heterocycles. The molecule has 182 valence electrons. The summed E-state index contributed by atoms with van der Waals surface area (Å²) in [7, 11) is 0. The van der Waals surface area contributed by atoms with Crippen LogP contribution in [0.4, 0.5) is 0 Å². The summed E-state index contributed by atoms with van der Waals surface area (Å²) in [5.74, 6) is -6.91. The van der Waals surface area contributed by atoms with E-state index in [1.165, 1.54) is 0 Å². The van der Waals surface area contributed by atoms with Crippen LogP contribution in [0.25, 0.3) is 0 Å². The number of nitrogens with one attached hydrogen (secondary N) is 3. The molecule has 32 heavy (non-hydrogen) atoms. The maximum absolute atomic E-state index is 12.6. The number of nitrogens with two attached hydrogens (primary N) is 2. The number of hydrogen-bond donors (Lipinski definition) is 8. The van der Waals surface area contributed by atoms with Gasteiger partial charge in [-0.15, -0.1) is 0 Å². The summed E-state index contributed by atoms with van der Waals surface area (Å²) in [5.41, 5.74) is 11.1. The maximum atomic E-state index is 12.6. The Hall–Kier alpha value is -3.26. The monoisotopic (exact) mass is 461 g/mol. The van der Waals surface area contributed by atoms with E-state index >= 15 is 0 Å². The van der Waals surface area contributed by atoms with Gasteiger partial charge in [0.05, 0.1) is 12.5 Å². The highest BCUT2D eigenvalue weighted by atomic mass is 16.4. The summed E-state index contributed by atoms with van der Waals surface area (Å²) in [6.07, 6.45) is -0.276. The summed E-state index contributed by atoms with van der Waals surface area (Å²) in [5, 5.41) is 33.2. The van der Waals surface area contributed by atoms with Crippen LogP contribution in [0.5, 0.6) is 0 Å². The third-order valence-corrected chi connectivity index (χ3v) is 4.33. The lowest BCUT2D eigenvalue weighted by Crippen LogP contribution is -2.57. The number of aliphatic carboxylic acids is 3. The molecule has 0 saturated carbocycles. The van der Waals surface area contributed by atoms with E-state index < -0.39 is 72.6 Å². The highest BCUT2D eigenvalue weighted by molar-refractivity contribution is 5.95. The van der Waals surface area contributed by atoms with Gasteiger partial charge in [0, 0.05) is 6.42 Å². The second-order valence-corrected chi connectivity index (χ2v) is 7.11. The van der Waals surface area contributed by atoms with E-state index in [9.17, 15) is 28.8 Å². The molecule has 4 atom stereocenters. The Morgan fingerprint density at radius 2 is 1.34 bits per heavy atom. The highest BCUT2D eigenvalue weighted by Gasteiger charge is 2.30. The fourth-order valence-electron chi connectivity index (χ4n) is 2.49. The van der Waals surface area contributed by atoms with Crippen LogP contribution in [0, 0.1) is 0 Å². The third-order valence-electron chi connectivity index (χ3n) is 4.33. The first-order valence-electron chi connectivity index (χ1n) is 9.92. The molecule has 0 heterocycles. The number of carbonyl (C=O) groups excluding carboxylic acids is 3. The van der Waals surface area contributed by atoms with E-state index in [-0.39, 0.29) is 12.8 Å². The SMILES string of the molecule is CC(NC(=O)C(CC(=O)O)NC(=O)C(CCC(=O)O)NC(=O)C(N)CCCCN)C(=O)O. The first kappa shape index (κ1) is 28.7. The Bertz CT molecular complexity index is 700. The smallest absolute Gasteiger partial charge is 0.325 e. The number of carboxylic acids is 3. The Morgan fingerprint density at radius 1 is 0.781 bits per heavy atom. The zero-order valence-corrected chi connectivity index (χ0v) is 17.7. The Labute approximate surface area is 184 Å². The standard InChI is InChI=1S/C18H31N5O9/c1-9(18(31)32)21-17(30)12(8-14(26)27)23-16(29)11(5-6-13(24)25)22-15(28)10(20)4-2-3-7-19/h9-12H,2-8,19-20H2,1H3,(H,21,30)(H,22,28)(H,23,29)(H,24,25)(H,26,27)(H,31,32). The molecular weight excluding hydrogens is 430 g/mol. The van der Waals surface area contributed by atoms with Crippen LogP contribution in [0.2, 0.25) is 0 Å². The van der Waals surface area contributed by atoms with Gasteiger partial charge in [0.2, 0.25) is 17.7 Å². The number of carbonyl (C=O) groups is 6. The number of unbranched alkanes of at least 4 members (excludes halogenated alkanes) is 1. The number of hydrogen-bond acceptors (Lipinski definition) is 8. The molecule has 0 aromatic heterocycles. The average molecular weight is 461 g/mol. The lowest BCUT2D eigenvalue weighted by Gasteiger charge is -2.24. The first-order chi connectivity index (χ1) is 14.9. The molecule has 4 unspecified atom stereocenters. The van der Waals surface area contributed by atoms with Crippen LogP contribution in [-0.4, -0.2) is 81.7 Å². The van der Waals surface area contributed by atoms with Crippen LogP contribution in [-0.2, 0) is 28.8 Å². The van der Waals surface area contributed by atoms with Crippen LogP contribution in [0.15, 0.2) is 0 Å². The fourth-order valence-corrected chi connectivity index (χ4v) is 2.49. The van der Waals surface area contributed by atoms with Gasteiger partial charge in [0.15, 0.2) is 0 Å². The van der Waals surface area contributed by atoms with Crippen LogP contribution in [0.1, 0.15) is 45.4 Å². The Kier molecular flexibility index (Phi) is 13.2. The van der Waals surface area contributed by atoms with Crippen molar-refractivity contribution in [3.8, 4) is 0 Å². The van der Waals surface area contributed by atoms with E-state index in [1.807, 2.05) is 5.32 Å². The molecule has 0 aliphatic rings. The number of amides is 3. The molecule has 0 aromatic carbocycles. The van der Waals surface area contributed by atoms with Gasteiger partial charge in [-0.05, 0) is 32.7 Å². The molecule has 0 fully saturated rings. The van der Waals surface area contributed by atoms with Gasteiger partial charge in [-0.1, -0.05) is 6.42 Å². The molecule has 0 spiro atoms. The average Bonchev–Trinajstić information content (AvgIpc) is 2.69. The van der Waals surface area contributed by atoms with E-state index in [1.54, 1.807) is 0 Å². The minimum absolute atomic E-state index is 0.271. The molecule has 0 rings (SSSR count). The maximum Gasteiger partial charge on any atom is 0.325 e. The minimum atomic E-state index is -1.66. The van der Waals surface area contributed by atoms with Crippen LogP contribution in [0.3, 0.4) is 0 Å². The van der Waals surface area contributed by atoms with Crippen molar-refractivity contribution in [2.45, 2.75) is 69.6 Å². The summed E-state index contributed by atoms with van der Waals surface area (Å²) < 4.78 is 0. The molecule has 10 N–H and O–H groups in total. The quantitative estimate of drug-likeness (QED) is 0.110. The lowest BCUT2D eigenvalue weighted by molar-refractivity contribution is -0.143. The zero-order valence-electron chi connectivity index (χ0n) is 17.7. The molecule has 0 aromatic rings. The van der Waals surface area contributed by atoms with Crippen LogP contribution >= 0.6 is 0 Å². The molecule has 0 aliphatic carbocycles. The molecular formula is C18H31N5O9. The molecule has 0 bridgehead atoms. The topological polar surface area (TPSA) is 251 Å². The molecule has 0 radical (unpaired) electrons. The number of carboxylic acid groups (broad SMARTS) is 3. The van der Waals surface area contributed by atoms with Crippen molar-refractivity contribution in [3.05, 3.63) is 0 Å². The predicted molar refractivity (Wildman–Crippen MR) is 109 cm³/mol. The highest BCUT2D eigenvalue weighted by Crippen LogP contribution is 2.04. The van der Waals surface area contributed by atoms with Crippen molar-refractivity contribution in [2.24, 2.45) is 11.5 Å².